The molecule has 1 amide bonds. The van der Waals surface area contributed by atoms with Gasteiger partial charge in [-0.2, -0.15) is 0 Å². The summed E-state index contributed by atoms with van der Waals surface area (Å²) in [5, 5.41) is 11.2. The number of halogens is 1. The lowest BCUT2D eigenvalue weighted by Crippen LogP contribution is -2.25. The number of rotatable bonds is 9. The molecule has 8 heteroatoms. The molecule has 7 nitrogen and oxygen atoms in total. The van der Waals surface area contributed by atoms with Gasteiger partial charge in [0.25, 0.3) is 0 Å². The van der Waals surface area contributed by atoms with Gasteiger partial charge in [0.2, 0.25) is 5.91 Å². The fourth-order valence-electron chi connectivity index (χ4n) is 4.52. The Labute approximate surface area is 215 Å². The van der Waals surface area contributed by atoms with Crippen molar-refractivity contribution in [2.75, 3.05) is 25.7 Å². The van der Waals surface area contributed by atoms with E-state index in [1.165, 1.54) is 20.3 Å². The Morgan fingerprint density at radius 3 is 2.51 bits per heavy atom. The highest BCUT2D eigenvalue weighted by Crippen LogP contribution is 2.35. The smallest absolute Gasteiger partial charge is 0.227 e. The molecule has 1 fully saturated rings. The number of aromatic nitrogens is 1. The number of hydrogen-bond acceptors (Lipinski definition) is 6. The average Bonchev–Trinajstić information content (AvgIpc) is 3.33. The summed E-state index contributed by atoms with van der Waals surface area (Å²) < 4.78 is 24.7. The lowest BCUT2D eigenvalue weighted by atomic mass is 9.92. The zero-order chi connectivity index (χ0) is 26.7. The Balaban J connectivity index is 1.53. The molecule has 194 valence electrons. The zero-order valence-corrected chi connectivity index (χ0v) is 21.5. The SMILES string of the molecule is COc1cc(C(=O)CCC(C)(O)c2ccc(OC)c(-c3ccc(F)c(C)c3)n2)ccc1N1CCCC1=O. The minimum Gasteiger partial charge on any atom is -0.495 e. The van der Waals surface area contributed by atoms with Crippen molar-refractivity contribution in [1.82, 2.24) is 4.98 Å². The number of benzene rings is 2. The summed E-state index contributed by atoms with van der Waals surface area (Å²) in [6.07, 6.45) is 1.49. The summed E-state index contributed by atoms with van der Waals surface area (Å²) in [6.45, 7) is 3.90. The molecule has 1 N–H and O–H groups in total. The molecule has 1 aliphatic rings. The van der Waals surface area contributed by atoms with Gasteiger partial charge in [0.1, 0.15) is 28.6 Å². The van der Waals surface area contributed by atoms with E-state index in [-0.39, 0.29) is 30.3 Å². The molecule has 1 aliphatic heterocycles. The van der Waals surface area contributed by atoms with Gasteiger partial charge >= 0.3 is 0 Å². The van der Waals surface area contributed by atoms with Crippen LogP contribution in [-0.2, 0) is 10.4 Å². The molecule has 0 saturated carbocycles. The van der Waals surface area contributed by atoms with Crippen LogP contribution in [0.1, 0.15) is 54.2 Å². The number of hydrogen-bond donors (Lipinski definition) is 1. The van der Waals surface area contributed by atoms with Crippen molar-refractivity contribution in [1.29, 1.82) is 0 Å². The van der Waals surface area contributed by atoms with E-state index in [1.807, 2.05) is 0 Å². The van der Waals surface area contributed by atoms with Crippen molar-refractivity contribution in [3.63, 3.8) is 0 Å². The van der Waals surface area contributed by atoms with Crippen molar-refractivity contribution in [2.45, 2.75) is 45.1 Å². The van der Waals surface area contributed by atoms with Crippen LogP contribution in [0.2, 0.25) is 0 Å². The first-order chi connectivity index (χ1) is 17.6. The highest BCUT2D eigenvalue weighted by atomic mass is 19.1. The van der Waals surface area contributed by atoms with E-state index in [0.29, 0.717) is 58.2 Å². The van der Waals surface area contributed by atoms with Crippen LogP contribution >= 0.6 is 0 Å². The van der Waals surface area contributed by atoms with Gasteiger partial charge in [0, 0.05) is 30.5 Å². The van der Waals surface area contributed by atoms with Crippen LogP contribution < -0.4 is 14.4 Å². The van der Waals surface area contributed by atoms with Crippen LogP contribution in [-0.4, -0.2) is 42.5 Å². The summed E-state index contributed by atoms with van der Waals surface area (Å²) in [6, 6.07) is 13.1. The molecule has 0 aliphatic carbocycles. The topological polar surface area (TPSA) is 89.0 Å². The Hall–Kier alpha value is -3.78. The van der Waals surface area contributed by atoms with Crippen molar-refractivity contribution < 1.29 is 28.6 Å². The lowest BCUT2D eigenvalue weighted by molar-refractivity contribution is -0.117. The molecule has 0 bridgehead atoms. The molecule has 2 heterocycles. The van der Waals surface area contributed by atoms with Crippen molar-refractivity contribution in [3.8, 4) is 22.8 Å². The largest absolute Gasteiger partial charge is 0.495 e. The van der Waals surface area contributed by atoms with E-state index < -0.39 is 5.60 Å². The van der Waals surface area contributed by atoms with Gasteiger partial charge in [-0.15, -0.1) is 0 Å². The number of aryl methyl sites for hydroxylation is 1. The van der Waals surface area contributed by atoms with Gasteiger partial charge in [0.05, 0.1) is 25.6 Å². The number of carbonyl (C=O) groups is 2. The predicted octanol–water partition coefficient (Wildman–Crippen LogP) is 5.21. The quantitative estimate of drug-likeness (QED) is 0.401. The summed E-state index contributed by atoms with van der Waals surface area (Å²) in [4.78, 5) is 31.5. The van der Waals surface area contributed by atoms with E-state index in [0.717, 1.165) is 6.42 Å². The molecule has 0 spiro atoms. The Bertz CT molecular complexity index is 1340. The third-order valence-electron chi connectivity index (χ3n) is 6.77. The molecule has 0 radical (unpaired) electrons. The van der Waals surface area contributed by atoms with E-state index in [4.69, 9.17) is 9.47 Å². The summed E-state index contributed by atoms with van der Waals surface area (Å²) >= 11 is 0. The Morgan fingerprint density at radius 2 is 1.86 bits per heavy atom. The standard InChI is InChI=1S/C29H31FN2O5/c1-18-16-20(7-9-21(18)30)28-24(36-3)11-12-26(31-28)29(2,35)14-13-23(33)19-8-10-22(25(17-19)37-4)32-15-5-6-27(32)34/h7-12,16-17,35H,5-6,13-15H2,1-4H3. The second kappa shape index (κ2) is 10.7. The number of carbonyl (C=O) groups excluding carboxylic acids is 2. The van der Waals surface area contributed by atoms with Crippen LogP contribution in [0.15, 0.2) is 48.5 Å². The molecular weight excluding hydrogens is 475 g/mol. The first-order valence-corrected chi connectivity index (χ1v) is 12.2. The van der Waals surface area contributed by atoms with Crippen molar-refractivity contribution in [2.24, 2.45) is 0 Å². The number of anilines is 1. The van der Waals surface area contributed by atoms with E-state index in [2.05, 4.69) is 4.98 Å². The lowest BCUT2D eigenvalue weighted by Gasteiger charge is -2.24. The molecular formula is C29H31FN2O5. The van der Waals surface area contributed by atoms with Crippen molar-refractivity contribution in [3.05, 3.63) is 71.2 Å². The number of amides is 1. The fourth-order valence-corrected chi connectivity index (χ4v) is 4.52. The number of nitrogens with zero attached hydrogens (tertiary/aromatic N) is 2. The normalized spacial score (nSPS) is 15.0. The Kier molecular flexibility index (Phi) is 7.59. The molecule has 1 aromatic heterocycles. The minimum absolute atomic E-state index is 0.0376. The first kappa shape index (κ1) is 26.3. The minimum atomic E-state index is -1.41. The van der Waals surface area contributed by atoms with E-state index in [9.17, 15) is 19.1 Å². The summed E-state index contributed by atoms with van der Waals surface area (Å²) in [5.41, 5.74) is 1.67. The zero-order valence-electron chi connectivity index (χ0n) is 21.5. The third-order valence-corrected chi connectivity index (χ3v) is 6.77. The average molecular weight is 507 g/mol. The van der Waals surface area contributed by atoms with Gasteiger partial charge in [-0.1, -0.05) is 0 Å². The van der Waals surface area contributed by atoms with Crippen LogP contribution in [0, 0.1) is 12.7 Å². The van der Waals surface area contributed by atoms with E-state index in [1.54, 1.807) is 61.2 Å². The molecule has 1 atom stereocenters. The second-order valence-electron chi connectivity index (χ2n) is 9.44. The van der Waals surface area contributed by atoms with Crippen LogP contribution in [0.3, 0.4) is 0 Å². The monoisotopic (exact) mass is 506 g/mol. The molecule has 3 aromatic rings. The highest BCUT2D eigenvalue weighted by Gasteiger charge is 2.29. The summed E-state index contributed by atoms with van der Waals surface area (Å²) in [7, 11) is 3.03. The molecule has 4 rings (SSSR count). The van der Waals surface area contributed by atoms with E-state index >= 15 is 0 Å². The maximum atomic E-state index is 13.8. The molecule has 2 aromatic carbocycles. The van der Waals surface area contributed by atoms with Crippen LogP contribution in [0.5, 0.6) is 11.5 Å². The molecule has 37 heavy (non-hydrogen) atoms. The number of Topliss-reactive ketones (excluding diaryl/α,β-unsaturated/α-hetero) is 1. The third kappa shape index (κ3) is 5.49. The number of aliphatic hydroxyl groups is 1. The first-order valence-electron chi connectivity index (χ1n) is 12.2. The number of ketones is 1. The Morgan fingerprint density at radius 1 is 1.11 bits per heavy atom. The van der Waals surface area contributed by atoms with Gasteiger partial charge < -0.3 is 19.5 Å². The number of methoxy groups -OCH3 is 2. The van der Waals surface area contributed by atoms with Gasteiger partial charge in [-0.25, -0.2) is 9.37 Å². The predicted molar refractivity (Wildman–Crippen MR) is 139 cm³/mol. The van der Waals surface area contributed by atoms with Crippen LogP contribution in [0.4, 0.5) is 10.1 Å². The second-order valence-corrected chi connectivity index (χ2v) is 9.44. The highest BCUT2D eigenvalue weighted by molar-refractivity contribution is 6.00. The molecule has 1 saturated heterocycles. The fraction of sp³-hybridized carbons (Fsp3) is 0.345. The maximum Gasteiger partial charge on any atom is 0.227 e. The van der Waals surface area contributed by atoms with Crippen molar-refractivity contribution >= 4 is 17.4 Å². The summed E-state index contributed by atoms with van der Waals surface area (Å²) in [5.74, 6) is 0.506. The van der Waals surface area contributed by atoms with Gasteiger partial charge in [0.15, 0.2) is 5.78 Å². The number of ether oxygens (including phenoxy) is 2. The molecule has 1 unspecified atom stereocenters. The van der Waals surface area contributed by atoms with Gasteiger partial charge in [-0.05, 0) is 80.8 Å². The van der Waals surface area contributed by atoms with Gasteiger partial charge in [-0.3, -0.25) is 9.59 Å². The maximum absolute atomic E-state index is 13.8. The van der Waals surface area contributed by atoms with Crippen LogP contribution in [0.25, 0.3) is 11.3 Å². The number of pyridine rings is 1.